The standard InChI is InChI=1S/C17H20N2O2/c1-19-11-6-7-12(19)9-13(8-11)21-17(20)15-10-18-16-5-3-2-4-14(15)16/h2-5,10-13,18H,6-9H2,1H3/t11-,12+,13?/i3D,5D. The van der Waals surface area contributed by atoms with Crippen molar-refractivity contribution < 1.29 is 12.3 Å². The SMILES string of the molecule is [2H]c1ccc2c(C(=O)OC3C[C@H]4CC[C@@H](C3)N4C)c[nH]c2c1[2H]. The number of H-pyrrole nitrogens is 1. The molecule has 4 heteroatoms. The summed E-state index contributed by atoms with van der Waals surface area (Å²) in [6, 6.07) is 4.57. The summed E-state index contributed by atoms with van der Waals surface area (Å²) in [5.41, 5.74) is 0.979. The molecule has 0 saturated carbocycles. The van der Waals surface area contributed by atoms with Crippen molar-refractivity contribution >= 4 is 16.9 Å². The number of benzene rings is 1. The molecule has 4 rings (SSSR count). The molecule has 3 heterocycles. The van der Waals surface area contributed by atoms with E-state index in [1.807, 2.05) is 0 Å². The molecular formula is C17H20N2O2. The average Bonchev–Trinajstić information content (AvgIpc) is 3.02. The van der Waals surface area contributed by atoms with E-state index in [4.69, 9.17) is 7.48 Å². The minimum atomic E-state index is -0.331. The summed E-state index contributed by atoms with van der Waals surface area (Å²) < 4.78 is 21.3. The summed E-state index contributed by atoms with van der Waals surface area (Å²) in [6.45, 7) is 0. The Bertz CT molecular complexity index is 759. The maximum atomic E-state index is 12.5. The predicted molar refractivity (Wildman–Crippen MR) is 81.3 cm³/mol. The van der Waals surface area contributed by atoms with E-state index in [9.17, 15) is 4.79 Å². The first-order valence-corrected chi connectivity index (χ1v) is 7.55. The lowest BCUT2D eigenvalue weighted by atomic mass is 10.0. The van der Waals surface area contributed by atoms with Crippen LogP contribution in [0.3, 0.4) is 0 Å². The number of hydrogen-bond donors (Lipinski definition) is 1. The van der Waals surface area contributed by atoms with E-state index in [-0.39, 0.29) is 24.2 Å². The van der Waals surface area contributed by atoms with Gasteiger partial charge in [0.1, 0.15) is 6.10 Å². The van der Waals surface area contributed by atoms with Crippen LogP contribution in [0.25, 0.3) is 10.9 Å². The van der Waals surface area contributed by atoms with Crippen molar-refractivity contribution in [3.63, 3.8) is 0 Å². The molecule has 4 nitrogen and oxygen atoms in total. The number of esters is 1. The van der Waals surface area contributed by atoms with Crippen molar-refractivity contribution in [2.75, 3.05) is 7.05 Å². The van der Waals surface area contributed by atoms with Crippen LogP contribution in [0, 0.1) is 0 Å². The van der Waals surface area contributed by atoms with Crippen molar-refractivity contribution in [3.8, 4) is 0 Å². The fraction of sp³-hybridized carbons (Fsp3) is 0.471. The van der Waals surface area contributed by atoms with Crippen LogP contribution in [0.2, 0.25) is 0 Å². The van der Waals surface area contributed by atoms with Gasteiger partial charge in [0.05, 0.1) is 8.30 Å². The number of carbonyl (C=O) groups excluding carboxylic acids is 1. The van der Waals surface area contributed by atoms with E-state index in [1.54, 1.807) is 18.3 Å². The topological polar surface area (TPSA) is 45.3 Å². The molecule has 2 fully saturated rings. The summed E-state index contributed by atoms with van der Waals surface area (Å²) in [6.07, 6.45) is 5.76. The number of aromatic nitrogens is 1. The van der Waals surface area contributed by atoms with Crippen LogP contribution in [0.4, 0.5) is 0 Å². The molecule has 1 aromatic heterocycles. The van der Waals surface area contributed by atoms with E-state index in [0.29, 0.717) is 28.6 Å². The molecule has 0 spiro atoms. The van der Waals surface area contributed by atoms with Gasteiger partial charge in [-0.05, 0) is 25.9 Å². The third-order valence-corrected chi connectivity index (χ3v) is 5.00. The van der Waals surface area contributed by atoms with E-state index in [1.165, 1.54) is 12.8 Å². The summed E-state index contributed by atoms with van der Waals surface area (Å²) >= 11 is 0. The number of carbonyl (C=O) groups is 1. The van der Waals surface area contributed by atoms with Crippen LogP contribution in [-0.4, -0.2) is 41.1 Å². The molecule has 1 unspecified atom stereocenters. The Morgan fingerprint density at radius 2 is 2.19 bits per heavy atom. The van der Waals surface area contributed by atoms with Gasteiger partial charge in [0.25, 0.3) is 0 Å². The van der Waals surface area contributed by atoms with Crippen LogP contribution in [0.1, 0.15) is 38.8 Å². The quantitative estimate of drug-likeness (QED) is 0.863. The molecule has 0 radical (unpaired) electrons. The van der Waals surface area contributed by atoms with E-state index in [2.05, 4.69) is 16.9 Å². The van der Waals surface area contributed by atoms with Crippen LogP contribution in [-0.2, 0) is 4.74 Å². The lowest BCUT2D eigenvalue weighted by Gasteiger charge is -2.35. The first-order valence-electron chi connectivity index (χ1n) is 8.55. The van der Waals surface area contributed by atoms with Gasteiger partial charge in [-0.15, -0.1) is 0 Å². The predicted octanol–water partition coefficient (Wildman–Crippen LogP) is 2.95. The van der Waals surface area contributed by atoms with Crippen LogP contribution in [0.15, 0.2) is 30.4 Å². The van der Waals surface area contributed by atoms with Crippen molar-refractivity contribution in [2.45, 2.75) is 43.9 Å². The first-order chi connectivity index (χ1) is 11.0. The molecular weight excluding hydrogens is 264 g/mol. The van der Waals surface area contributed by atoms with E-state index in [0.717, 1.165) is 12.8 Å². The zero-order chi connectivity index (χ0) is 16.1. The van der Waals surface area contributed by atoms with E-state index >= 15 is 0 Å². The Morgan fingerprint density at radius 1 is 1.43 bits per heavy atom. The molecule has 2 aliphatic heterocycles. The fourth-order valence-corrected chi connectivity index (χ4v) is 3.79. The Labute approximate surface area is 126 Å². The third-order valence-electron chi connectivity index (χ3n) is 5.00. The monoisotopic (exact) mass is 286 g/mol. The molecule has 1 N–H and O–H groups in total. The molecule has 110 valence electrons. The van der Waals surface area contributed by atoms with Gasteiger partial charge in [-0.25, -0.2) is 4.79 Å². The number of aromatic amines is 1. The van der Waals surface area contributed by atoms with Gasteiger partial charge in [-0.3, -0.25) is 0 Å². The fourth-order valence-electron chi connectivity index (χ4n) is 3.79. The highest BCUT2D eigenvalue weighted by atomic mass is 16.5. The summed E-state index contributed by atoms with van der Waals surface area (Å²) in [5.74, 6) is -0.331. The zero-order valence-electron chi connectivity index (χ0n) is 14.1. The number of fused-ring (bicyclic) bond motifs is 3. The van der Waals surface area contributed by atoms with Crippen LogP contribution < -0.4 is 0 Å². The van der Waals surface area contributed by atoms with Crippen LogP contribution in [0.5, 0.6) is 0 Å². The Balaban J connectivity index is 1.55. The number of rotatable bonds is 2. The third kappa shape index (κ3) is 2.14. The van der Waals surface area contributed by atoms with Crippen molar-refractivity contribution in [1.29, 1.82) is 0 Å². The number of nitrogens with zero attached hydrogens (tertiary/aromatic N) is 1. The maximum Gasteiger partial charge on any atom is 0.340 e. The highest BCUT2D eigenvalue weighted by Gasteiger charge is 2.40. The molecule has 2 saturated heterocycles. The molecule has 0 amide bonds. The zero-order valence-corrected chi connectivity index (χ0v) is 12.1. The van der Waals surface area contributed by atoms with Gasteiger partial charge in [-0.1, -0.05) is 18.2 Å². The van der Waals surface area contributed by atoms with Gasteiger partial charge in [-0.2, -0.15) is 0 Å². The molecule has 2 aromatic rings. The second kappa shape index (κ2) is 4.88. The Hall–Kier alpha value is -1.81. The van der Waals surface area contributed by atoms with Crippen molar-refractivity contribution in [2.24, 2.45) is 0 Å². The number of ether oxygens (including phenoxy) is 1. The van der Waals surface area contributed by atoms with Gasteiger partial charge < -0.3 is 14.6 Å². The molecule has 0 aliphatic carbocycles. The summed E-state index contributed by atoms with van der Waals surface area (Å²) in [4.78, 5) is 17.9. The average molecular weight is 286 g/mol. The van der Waals surface area contributed by atoms with Crippen molar-refractivity contribution in [3.05, 3.63) is 36.0 Å². The molecule has 3 atom stereocenters. The number of para-hydroxylation sites is 1. The van der Waals surface area contributed by atoms with Crippen molar-refractivity contribution in [1.82, 2.24) is 9.88 Å². The largest absolute Gasteiger partial charge is 0.459 e. The molecule has 21 heavy (non-hydrogen) atoms. The highest BCUT2D eigenvalue weighted by Crippen LogP contribution is 2.35. The van der Waals surface area contributed by atoms with Gasteiger partial charge in [0.15, 0.2) is 0 Å². The minimum absolute atomic E-state index is 0.0212. The summed E-state index contributed by atoms with van der Waals surface area (Å²) in [7, 11) is 2.16. The number of hydrogen-bond acceptors (Lipinski definition) is 3. The second-order valence-electron chi connectivity index (χ2n) is 6.14. The highest BCUT2D eigenvalue weighted by molar-refractivity contribution is 6.04. The maximum absolute atomic E-state index is 12.5. The normalized spacial score (nSPS) is 30.2. The van der Waals surface area contributed by atoms with Crippen LogP contribution >= 0.6 is 0 Å². The second-order valence-corrected chi connectivity index (χ2v) is 6.14. The van der Waals surface area contributed by atoms with E-state index < -0.39 is 0 Å². The van der Waals surface area contributed by atoms with Gasteiger partial charge >= 0.3 is 5.97 Å². The Kier molecular flexibility index (Phi) is 2.52. The lowest BCUT2D eigenvalue weighted by Crippen LogP contribution is -2.43. The molecule has 1 aromatic carbocycles. The molecule has 2 bridgehead atoms. The first kappa shape index (κ1) is 10.9. The summed E-state index contributed by atoms with van der Waals surface area (Å²) in [5, 5.41) is 0.659. The van der Waals surface area contributed by atoms with Gasteiger partial charge in [0, 0.05) is 42.0 Å². The lowest BCUT2D eigenvalue weighted by molar-refractivity contribution is -0.000258. The Morgan fingerprint density at radius 3 is 2.95 bits per heavy atom. The minimum Gasteiger partial charge on any atom is -0.459 e. The number of nitrogens with one attached hydrogen (secondary N) is 1. The van der Waals surface area contributed by atoms with Gasteiger partial charge in [0.2, 0.25) is 0 Å². The molecule has 2 aliphatic rings. The smallest absolute Gasteiger partial charge is 0.340 e. The number of piperidine rings is 1.